The van der Waals surface area contributed by atoms with Crippen LogP contribution in [0.15, 0.2) is 36.7 Å². The van der Waals surface area contributed by atoms with Gasteiger partial charge in [-0.15, -0.1) is 0 Å². The van der Waals surface area contributed by atoms with E-state index in [4.69, 9.17) is 9.84 Å². The molecule has 0 radical (unpaired) electrons. The second-order valence-corrected chi connectivity index (χ2v) is 3.77. The number of ether oxygens (including phenoxy) is 1. The zero-order valence-electron chi connectivity index (χ0n) is 10.1. The number of carboxylic acid groups (broad SMARTS) is 1. The average Bonchev–Trinajstić information content (AvgIpc) is 2.74. The van der Waals surface area contributed by atoms with Crippen molar-refractivity contribution in [3.05, 3.63) is 48.0 Å². The Morgan fingerprint density at radius 3 is 2.95 bits per heavy atom. The first kappa shape index (κ1) is 12.8. The highest BCUT2D eigenvalue weighted by atomic mass is 19.1. The van der Waals surface area contributed by atoms with E-state index in [9.17, 15) is 9.18 Å². The molecule has 0 aliphatic rings. The quantitative estimate of drug-likeness (QED) is 0.859. The lowest BCUT2D eigenvalue weighted by Gasteiger charge is -2.07. The molecular formula is C13H11FN2O3. The normalized spacial score (nSPS) is 10.8. The number of aromatic nitrogens is 2. The summed E-state index contributed by atoms with van der Waals surface area (Å²) in [5.41, 5.74) is 0.0775. The maximum Gasteiger partial charge on any atom is 0.328 e. The van der Waals surface area contributed by atoms with E-state index in [-0.39, 0.29) is 11.3 Å². The molecule has 1 N–H and O–H groups in total. The van der Waals surface area contributed by atoms with Crippen LogP contribution in [0.25, 0.3) is 6.08 Å². The Kier molecular flexibility index (Phi) is 3.61. The number of carboxylic acids is 1. The van der Waals surface area contributed by atoms with Gasteiger partial charge in [-0.3, -0.25) is 4.68 Å². The highest BCUT2D eigenvalue weighted by molar-refractivity contribution is 5.86. The largest absolute Gasteiger partial charge is 0.478 e. The van der Waals surface area contributed by atoms with Gasteiger partial charge in [0.2, 0.25) is 0 Å². The van der Waals surface area contributed by atoms with Gasteiger partial charge in [-0.25, -0.2) is 9.18 Å². The zero-order valence-corrected chi connectivity index (χ0v) is 10.1. The summed E-state index contributed by atoms with van der Waals surface area (Å²) in [7, 11) is 1.73. The van der Waals surface area contributed by atoms with Gasteiger partial charge in [-0.1, -0.05) is 6.07 Å². The molecule has 0 atom stereocenters. The smallest absolute Gasteiger partial charge is 0.328 e. The maximum absolute atomic E-state index is 13.7. The Labute approximate surface area is 108 Å². The van der Waals surface area contributed by atoms with E-state index in [0.717, 1.165) is 12.2 Å². The number of hydrogen-bond acceptors (Lipinski definition) is 3. The van der Waals surface area contributed by atoms with Gasteiger partial charge < -0.3 is 9.84 Å². The van der Waals surface area contributed by atoms with Crippen molar-refractivity contribution in [3.63, 3.8) is 0 Å². The summed E-state index contributed by atoms with van der Waals surface area (Å²) in [5.74, 6) is -1.04. The third-order valence-corrected chi connectivity index (χ3v) is 2.31. The van der Waals surface area contributed by atoms with Crippen LogP contribution >= 0.6 is 0 Å². The van der Waals surface area contributed by atoms with Crippen LogP contribution in [-0.2, 0) is 11.8 Å². The van der Waals surface area contributed by atoms with Gasteiger partial charge in [-0.05, 0) is 18.2 Å². The van der Waals surface area contributed by atoms with Crippen LogP contribution in [0.3, 0.4) is 0 Å². The molecule has 0 amide bonds. The molecule has 6 heteroatoms. The molecule has 1 aromatic carbocycles. The van der Waals surface area contributed by atoms with E-state index in [0.29, 0.717) is 5.75 Å². The molecule has 5 nitrogen and oxygen atoms in total. The Balaban J connectivity index is 2.34. The fourth-order valence-corrected chi connectivity index (χ4v) is 1.50. The van der Waals surface area contributed by atoms with E-state index >= 15 is 0 Å². The van der Waals surface area contributed by atoms with Crippen molar-refractivity contribution < 1.29 is 19.0 Å². The van der Waals surface area contributed by atoms with Gasteiger partial charge in [0.15, 0.2) is 5.75 Å². The monoisotopic (exact) mass is 262 g/mol. The van der Waals surface area contributed by atoms with Gasteiger partial charge in [0.05, 0.1) is 18.0 Å². The minimum atomic E-state index is -1.16. The first-order valence-corrected chi connectivity index (χ1v) is 5.42. The highest BCUT2D eigenvalue weighted by Crippen LogP contribution is 2.27. The van der Waals surface area contributed by atoms with E-state index in [1.54, 1.807) is 24.0 Å². The second-order valence-electron chi connectivity index (χ2n) is 3.77. The Morgan fingerprint density at radius 2 is 2.32 bits per heavy atom. The summed E-state index contributed by atoms with van der Waals surface area (Å²) in [6.07, 6.45) is 5.11. The number of benzene rings is 1. The summed E-state index contributed by atoms with van der Waals surface area (Å²) in [6, 6.07) is 4.27. The molecule has 2 aromatic rings. The van der Waals surface area contributed by atoms with Crippen molar-refractivity contribution >= 4 is 12.0 Å². The number of rotatable bonds is 4. The number of nitrogens with zero attached hydrogens (tertiary/aromatic N) is 2. The van der Waals surface area contributed by atoms with Gasteiger partial charge in [-0.2, -0.15) is 5.10 Å². The van der Waals surface area contributed by atoms with Crippen molar-refractivity contribution in [1.82, 2.24) is 9.78 Å². The van der Waals surface area contributed by atoms with Crippen LogP contribution in [0.5, 0.6) is 11.5 Å². The van der Waals surface area contributed by atoms with Gasteiger partial charge >= 0.3 is 5.97 Å². The second kappa shape index (κ2) is 5.34. The SMILES string of the molecule is Cn1cc(Oc2cccc(F)c2/C=C/C(=O)O)cn1. The molecular weight excluding hydrogens is 251 g/mol. The Hall–Kier alpha value is -2.63. The predicted octanol–water partition coefficient (Wildman–Crippen LogP) is 2.45. The van der Waals surface area contributed by atoms with Crippen LogP contribution in [-0.4, -0.2) is 20.9 Å². The minimum Gasteiger partial charge on any atom is -0.478 e. The third kappa shape index (κ3) is 3.19. The van der Waals surface area contributed by atoms with Crippen molar-refractivity contribution in [2.24, 2.45) is 7.05 Å². The number of halogens is 1. The van der Waals surface area contributed by atoms with Crippen LogP contribution < -0.4 is 4.74 Å². The summed E-state index contributed by atoms with van der Waals surface area (Å²) in [4.78, 5) is 10.5. The molecule has 0 unspecified atom stereocenters. The van der Waals surface area contributed by atoms with E-state index in [2.05, 4.69) is 5.10 Å². The van der Waals surface area contributed by atoms with Gasteiger partial charge in [0.1, 0.15) is 11.6 Å². The maximum atomic E-state index is 13.7. The number of aryl methyl sites for hydroxylation is 1. The summed E-state index contributed by atoms with van der Waals surface area (Å²) < 4.78 is 20.7. The van der Waals surface area contributed by atoms with Crippen LogP contribution in [0.1, 0.15) is 5.56 Å². The molecule has 1 aromatic heterocycles. The van der Waals surface area contributed by atoms with Crippen LogP contribution in [0.2, 0.25) is 0 Å². The lowest BCUT2D eigenvalue weighted by Crippen LogP contribution is -1.92. The fraction of sp³-hybridized carbons (Fsp3) is 0.0769. The first-order chi connectivity index (χ1) is 9.06. The third-order valence-electron chi connectivity index (χ3n) is 2.31. The highest BCUT2D eigenvalue weighted by Gasteiger charge is 2.09. The van der Waals surface area contributed by atoms with Crippen molar-refractivity contribution in [3.8, 4) is 11.5 Å². The standard InChI is InChI=1S/C13H11FN2O3/c1-16-8-9(7-15-16)19-12-4-2-3-11(14)10(12)5-6-13(17)18/h2-8H,1H3,(H,17,18)/b6-5+. The molecule has 0 saturated heterocycles. The molecule has 19 heavy (non-hydrogen) atoms. The van der Waals surface area contributed by atoms with Crippen LogP contribution in [0, 0.1) is 5.82 Å². The topological polar surface area (TPSA) is 64.3 Å². The number of carbonyl (C=O) groups is 1. The molecule has 98 valence electrons. The summed E-state index contributed by atoms with van der Waals surface area (Å²) in [5, 5.41) is 12.5. The zero-order chi connectivity index (χ0) is 13.8. The van der Waals surface area contributed by atoms with Gasteiger partial charge in [0.25, 0.3) is 0 Å². The molecule has 1 heterocycles. The molecule has 0 bridgehead atoms. The minimum absolute atomic E-state index is 0.0775. The predicted molar refractivity (Wildman–Crippen MR) is 66.4 cm³/mol. The summed E-state index contributed by atoms with van der Waals surface area (Å²) >= 11 is 0. The molecule has 0 aliphatic carbocycles. The Bertz CT molecular complexity index is 635. The number of hydrogen-bond donors (Lipinski definition) is 1. The lowest BCUT2D eigenvalue weighted by atomic mass is 10.1. The lowest BCUT2D eigenvalue weighted by molar-refractivity contribution is -0.131. The molecule has 0 aliphatic heterocycles. The van der Waals surface area contributed by atoms with Crippen LogP contribution in [0.4, 0.5) is 4.39 Å². The van der Waals surface area contributed by atoms with Crippen molar-refractivity contribution in [1.29, 1.82) is 0 Å². The molecule has 0 saturated carbocycles. The van der Waals surface area contributed by atoms with E-state index in [1.807, 2.05) is 0 Å². The Morgan fingerprint density at radius 1 is 1.53 bits per heavy atom. The fourth-order valence-electron chi connectivity index (χ4n) is 1.50. The molecule has 2 rings (SSSR count). The van der Waals surface area contributed by atoms with Crippen molar-refractivity contribution in [2.75, 3.05) is 0 Å². The average molecular weight is 262 g/mol. The van der Waals surface area contributed by atoms with Gasteiger partial charge in [0, 0.05) is 13.1 Å². The van der Waals surface area contributed by atoms with E-state index in [1.165, 1.54) is 18.3 Å². The summed E-state index contributed by atoms with van der Waals surface area (Å²) in [6.45, 7) is 0. The molecule has 0 spiro atoms. The van der Waals surface area contributed by atoms with E-state index < -0.39 is 11.8 Å². The van der Waals surface area contributed by atoms with Crippen molar-refractivity contribution in [2.45, 2.75) is 0 Å². The molecule has 0 fully saturated rings. The number of aliphatic carboxylic acids is 1. The first-order valence-electron chi connectivity index (χ1n) is 5.42.